The van der Waals surface area contributed by atoms with Crippen LogP contribution in [-0.2, 0) is 0 Å². The van der Waals surface area contributed by atoms with Crippen LogP contribution in [0.3, 0.4) is 0 Å². The van der Waals surface area contributed by atoms with Gasteiger partial charge in [0.25, 0.3) is 0 Å². The highest BCUT2D eigenvalue weighted by Gasteiger charge is 2.23. The molecule has 1 aliphatic carbocycles. The SMILES string of the molecule is N#Cc1cc2c(cn1)[nH]c1nccc(OC[C@@H](N)C3CCCC3)c12. The number of nitrogens with two attached hydrogens (primary N) is 1. The van der Waals surface area contributed by atoms with Gasteiger partial charge in [0.05, 0.1) is 17.1 Å². The third-order valence-electron chi connectivity index (χ3n) is 4.89. The molecule has 1 fully saturated rings. The Hall–Kier alpha value is -2.65. The lowest BCUT2D eigenvalue weighted by molar-refractivity contribution is 0.249. The zero-order chi connectivity index (χ0) is 16.5. The van der Waals surface area contributed by atoms with Crippen LogP contribution < -0.4 is 10.5 Å². The lowest BCUT2D eigenvalue weighted by Crippen LogP contribution is -2.34. The Morgan fingerprint density at radius 3 is 3.00 bits per heavy atom. The molecule has 122 valence electrons. The van der Waals surface area contributed by atoms with Gasteiger partial charge in [-0.05, 0) is 30.9 Å². The van der Waals surface area contributed by atoms with E-state index in [9.17, 15) is 0 Å². The second-order valence-electron chi connectivity index (χ2n) is 6.40. The van der Waals surface area contributed by atoms with Gasteiger partial charge in [0.1, 0.15) is 29.8 Å². The highest BCUT2D eigenvalue weighted by molar-refractivity contribution is 6.09. The molecule has 0 bridgehead atoms. The first-order chi connectivity index (χ1) is 11.8. The van der Waals surface area contributed by atoms with E-state index in [1.54, 1.807) is 18.5 Å². The molecule has 0 aliphatic heterocycles. The molecular formula is C18H19N5O. The van der Waals surface area contributed by atoms with Crippen molar-refractivity contribution in [1.82, 2.24) is 15.0 Å². The van der Waals surface area contributed by atoms with Crippen molar-refractivity contribution in [2.75, 3.05) is 6.61 Å². The van der Waals surface area contributed by atoms with Crippen LogP contribution in [0.2, 0.25) is 0 Å². The molecule has 6 heteroatoms. The fourth-order valence-electron chi connectivity index (χ4n) is 3.58. The fraction of sp³-hybridized carbons (Fsp3) is 0.389. The van der Waals surface area contributed by atoms with E-state index in [-0.39, 0.29) is 6.04 Å². The zero-order valence-electron chi connectivity index (χ0n) is 13.3. The maximum Gasteiger partial charge on any atom is 0.142 e. The second kappa shape index (κ2) is 6.10. The molecule has 6 nitrogen and oxygen atoms in total. The molecule has 3 aromatic heterocycles. The summed E-state index contributed by atoms with van der Waals surface area (Å²) in [6.07, 6.45) is 8.30. The molecule has 24 heavy (non-hydrogen) atoms. The molecule has 0 spiro atoms. The van der Waals surface area contributed by atoms with Crippen LogP contribution in [0, 0.1) is 17.2 Å². The number of nitrogens with one attached hydrogen (secondary N) is 1. The van der Waals surface area contributed by atoms with Crippen molar-refractivity contribution in [2.45, 2.75) is 31.7 Å². The van der Waals surface area contributed by atoms with Crippen LogP contribution >= 0.6 is 0 Å². The van der Waals surface area contributed by atoms with Gasteiger partial charge in [-0.3, -0.25) is 0 Å². The van der Waals surface area contributed by atoms with Crippen LogP contribution in [0.1, 0.15) is 31.4 Å². The van der Waals surface area contributed by atoms with E-state index in [0.29, 0.717) is 18.2 Å². The van der Waals surface area contributed by atoms with Crippen molar-refractivity contribution >= 4 is 21.9 Å². The largest absolute Gasteiger partial charge is 0.491 e. The van der Waals surface area contributed by atoms with Gasteiger partial charge in [-0.1, -0.05) is 12.8 Å². The Labute approximate surface area is 139 Å². The van der Waals surface area contributed by atoms with Crippen LogP contribution in [0.4, 0.5) is 0 Å². The predicted octanol–water partition coefficient (Wildman–Crippen LogP) is 2.88. The highest BCUT2D eigenvalue weighted by Crippen LogP contribution is 2.33. The standard InChI is InChI=1S/C18H19N5O/c19-8-12-7-13-15(9-22-12)23-18-17(13)16(5-6-21-18)24-10-14(20)11-3-1-2-4-11/h5-7,9,11,14H,1-4,10,20H2,(H,21,23)/t14-/m1/s1. The molecule has 4 rings (SSSR count). The summed E-state index contributed by atoms with van der Waals surface area (Å²) in [5.41, 5.74) is 8.25. The van der Waals surface area contributed by atoms with E-state index in [0.717, 1.165) is 27.7 Å². The number of nitriles is 1. The average Bonchev–Trinajstić information content (AvgIpc) is 3.26. The summed E-state index contributed by atoms with van der Waals surface area (Å²) in [6, 6.07) is 5.74. The Morgan fingerprint density at radius 1 is 1.38 bits per heavy atom. The van der Waals surface area contributed by atoms with Gasteiger partial charge in [0, 0.05) is 17.6 Å². The number of fused-ring (bicyclic) bond motifs is 3. The van der Waals surface area contributed by atoms with E-state index in [1.165, 1.54) is 25.7 Å². The molecule has 1 aliphatic rings. The third-order valence-corrected chi connectivity index (χ3v) is 4.89. The summed E-state index contributed by atoms with van der Waals surface area (Å²) >= 11 is 0. The summed E-state index contributed by atoms with van der Waals surface area (Å²) in [4.78, 5) is 11.7. The number of rotatable bonds is 4. The average molecular weight is 321 g/mol. The Bertz CT molecular complexity index is 920. The van der Waals surface area contributed by atoms with E-state index in [4.69, 9.17) is 15.7 Å². The smallest absolute Gasteiger partial charge is 0.142 e. The molecule has 3 heterocycles. The number of pyridine rings is 2. The number of ether oxygens (including phenoxy) is 1. The summed E-state index contributed by atoms with van der Waals surface area (Å²) in [5.74, 6) is 1.30. The normalized spacial score (nSPS) is 16.5. The van der Waals surface area contributed by atoms with Crippen LogP contribution in [-0.4, -0.2) is 27.6 Å². The minimum absolute atomic E-state index is 0.0530. The number of aromatic nitrogens is 3. The first-order valence-corrected chi connectivity index (χ1v) is 8.31. The van der Waals surface area contributed by atoms with E-state index < -0.39 is 0 Å². The minimum atomic E-state index is 0.0530. The molecule has 1 atom stereocenters. The van der Waals surface area contributed by atoms with Gasteiger partial charge in [-0.25, -0.2) is 9.97 Å². The monoisotopic (exact) mass is 321 g/mol. The third kappa shape index (κ3) is 2.57. The summed E-state index contributed by atoms with van der Waals surface area (Å²) in [6.45, 7) is 0.493. The first kappa shape index (κ1) is 14.9. The number of nitrogens with zero attached hydrogens (tertiary/aromatic N) is 3. The highest BCUT2D eigenvalue weighted by atomic mass is 16.5. The summed E-state index contributed by atoms with van der Waals surface area (Å²) in [7, 11) is 0. The number of hydrogen-bond donors (Lipinski definition) is 2. The van der Waals surface area contributed by atoms with Crippen molar-refractivity contribution in [3.63, 3.8) is 0 Å². The van der Waals surface area contributed by atoms with Crippen LogP contribution in [0.15, 0.2) is 24.5 Å². The van der Waals surface area contributed by atoms with E-state index in [1.807, 2.05) is 6.07 Å². The number of H-pyrrole nitrogens is 1. The fourth-order valence-corrected chi connectivity index (χ4v) is 3.58. The quantitative estimate of drug-likeness (QED) is 0.769. The minimum Gasteiger partial charge on any atom is -0.491 e. The Kier molecular flexibility index (Phi) is 3.79. The van der Waals surface area contributed by atoms with Crippen molar-refractivity contribution in [3.05, 3.63) is 30.2 Å². The van der Waals surface area contributed by atoms with Crippen molar-refractivity contribution < 1.29 is 4.74 Å². The maximum absolute atomic E-state index is 9.09. The Balaban J connectivity index is 1.68. The molecule has 0 unspecified atom stereocenters. The van der Waals surface area contributed by atoms with Gasteiger partial charge in [0.15, 0.2) is 0 Å². The molecule has 3 N–H and O–H groups in total. The molecule has 0 saturated heterocycles. The van der Waals surface area contributed by atoms with Crippen LogP contribution in [0.5, 0.6) is 5.75 Å². The van der Waals surface area contributed by atoms with Gasteiger partial charge in [0.2, 0.25) is 0 Å². The Morgan fingerprint density at radius 2 is 2.21 bits per heavy atom. The van der Waals surface area contributed by atoms with E-state index >= 15 is 0 Å². The molecule has 1 saturated carbocycles. The lowest BCUT2D eigenvalue weighted by Gasteiger charge is -2.19. The van der Waals surface area contributed by atoms with Crippen LogP contribution in [0.25, 0.3) is 21.9 Å². The second-order valence-corrected chi connectivity index (χ2v) is 6.40. The van der Waals surface area contributed by atoms with Crippen molar-refractivity contribution in [2.24, 2.45) is 11.7 Å². The first-order valence-electron chi connectivity index (χ1n) is 8.31. The molecule has 0 amide bonds. The topological polar surface area (TPSA) is 101 Å². The maximum atomic E-state index is 9.09. The van der Waals surface area contributed by atoms with Gasteiger partial charge >= 0.3 is 0 Å². The summed E-state index contributed by atoms with van der Waals surface area (Å²) in [5, 5.41) is 10.9. The molecular weight excluding hydrogens is 302 g/mol. The predicted molar refractivity (Wildman–Crippen MR) is 91.5 cm³/mol. The van der Waals surface area contributed by atoms with E-state index in [2.05, 4.69) is 21.0 Å². The zero-order valence-corrected chi connectivity index (χ0v) is 13.3. The van der Waals surface area contributed by atoms with Gasteiger partial charge < -0.3 is 15.5 Å². The van der Waals surface area contributed by atoms with Crippen molar-refractivity contribution in [1.29, 1.82) is 5.26 Å². The number of aromatic amines is 1. The number of hydrogen-bond acceptors (Lipinski definition) is 5. The van der Waals surface area contributed by atoms with Gasteiger partial charge in [-0.15, -0.1) is 0 Å². The summed E-state index contributed by atoms with van der Waals surface area (Å²) < 4.78 is 6.05. The van der Waals surface area contributed by atoms with Gasteiger partial charge in [-0.2, -0.15) is 5.26 Å². The van der Waals surface area contributed by atoms with Crippen molar-refractivity contribution in [3.8, 4) is 11.8 Å². The molecule has 0 aromatic carbocycles. The lowest BCUT2D eigenvalue weighted by atomic mass is 10.00. The molecule has 3 aromatic rings. The molecule has 0 radical (unpaired) electrons.